The second-order valence-corrected chi connectivity index (χ2v) is 7.25. The van der Waals surface area contributed by atoms with Gasteiger partial charge in [-0.3, -0.25) is 4.79 Å². The first-order valence-corrected chi connectivity index (χ1v) is 9.79. The van der Waals surface area contributed by atoms with Gasteiger partial charge in [0.05, 0.1) is 19.3 Å². The van der Waals surface area contributed by atoms with Crippen LogP contribution in [-0.2, 0) is 4.74 Å². The molecule has 5 unspecified atom stereocenters. The topological polar surface area (TPSA) is 186 Å². The maximum atomic E-state index is 12.6. The molecule has 0 spiro atoms. The number of methoxy groups -OCH3 is 1. The summed E-state index contributed by atoms with van der Waals surface area (Å²) in [6.07, 6.45) is -5.12. The van der Waals surface area contributed by atoms with Gasteiger partial charge in [0.15, 0.2) is 28.8 Å². The molecule has 11 heteroatoms. The van der Waals surface area contributed by atoms with Crippen molar-refractivity contribution in [2.24, 2.45) is 0 Å². The van der Waals surface area contributed by atoms with Crippen molar-refractivity contribution in [2.75, 3.05) is 13.7 Å². The predicted molar refractivity (Wildman–Crippen MR) is 112 cm³/mol. The summed E-state index contributed by atoms with van der Waals surface area (Å²) in [7, 11) is 1.21. The van der Waals surface area contributed by atoms with E-state index in [0.29, 0.717) is 5.56 Å². The van der Waals surface area contributed by atoms with Gasteiger partial charge >= 0.3 is 0 Å². The molecule has 33 heavy (non-hydrogen) atoms. The van der Waals surface area contributed by atoms with Gasteiger partial charge in [-0.15, -0.1) is 0 Å². The molecule has 0 bridgehead atoms. The van der Waals surface area contributed by atoms with Crippen molar-refractivity contribution < 1.29 is 54.8 Å². The zero-order valence-corrected chi connectivity index (χ0v) is 17.4. The third-order valence-corrected chi connectivity index (χ3v) is 5.08. The monoisotopic (exact) mass is 464 g/mol. The van der Waals surface area contributed by atoms with Crippen LogP contribution in [0.4, 0.5) is 0 Å². The highest BCUT2D eigenvalue weighted by atomic mass is 16.7. The number of ether oxygens (including phenoxy) is 3. The molecule has 1 aliphatic rings. The minimum Gasteiger partial charge on any atom is -0.504 e. The van der Waals surface area contributed by atoms with Crippen LogP contribution in [0.15, 0.2) is 36.4 Å². The summed E-state index contributed by atoms with van der Waals surface area (Å²) >= 11 is 0. The fourth-order valence-electron chi connectivity index (χ4n) is 3.24. The quantitative estimate of drug-likeness (QED) is 0.165. The molecule has 1 saturated heterocycles. The van der Waals surface area contributed by atoms with E-state index in [0.717, 1.165) is 6.08 Å². The Morgan fingerprint density at radius 3 is 2.39 bits per heavy atom. The van der Waals surface area contributed by atoms with Crippen molar-refractivity contribution in [1.29, 1.82) is 0 Å². The highest BCUT2D eigenvalue weighted by Crippen LogP contribution is 2.41. The Kier molecular flexibility index (Phi) is 7.41. The minimum absolute atomic E-state index is 0.136. The molecule has 0 radical (unpaired) electrons. The molecular weight excluding hydrogens is 440 g/mol. The molecule has 2 aromatic rings. The average Bonchev–Trinajstić information content (AvgIpc) is 2.80. The SMILES string of the molecule is COc1c(OC2OC(CO)C(O)C(O)C2O)ccc(C(=O)C=Cc2ccc(O)c(O)c2)c1O. The van der Waals surface area contributed by atoms with Crippen molar-refractivity contribution >= 4 is 11.9 Å². The van der Waals surface area contributed by atoms with Crippen LogP contribution in [0, 0.1) is 0 Å². The number of aliphatic hydroxyl groups is 4. The summed E-state index contributed by atoms with van der Waals surface area (Å²) in [5.41, 5.74) is 0.278. The van der Waals surface area contributed by atoms with E-state index in [9.17, 15) is 40.5 Å². The lowest BCUT2D eigenvalue weighted by molar-refractivity contribution is -0.277. The fraction of sp³-hybridized carbons (Fsp3) is 0.318. The first-order chi connectivity index (χ1) is 15.7. The Morgan fingerprint density at radius 2 is 1.76 bits per heavy atom. The lowest BCUT2D eigenvalue weighted by Crippen LogP contribution is -2.60. The minimum atomic E-state index is -1.68. The molecule has 0 aliphatic carbocycles. The number of hydrogen-bond acceptors (Lipinski definition) is 11. The maximum Gasteiger partial charge on any atom is 0.229 e. The van der Waals surface area contributed by atoms with Crippen LogP contribution < -0.4 is 9.47 Å². The predicted octanol–water partition coefficient (Wildman–Crippen LogP) is -0.113. The lowest BCUT2D eigenvalue weighted by atomic mass is 9.99. The first-order valence-electron chi connectivity index (χ1n) is 9.79. The molecule has 0 aromatic heterocycles. The van der Waals surface area contributed by atoms with Crippen molar-refractivity contribution in [3.05, 3.63) is 47.5 Å². The molecule has 5 atom stereocenters. The number of aliphatic hydroxyl groups excluding tert-OH is 4. The molecule has 0 saturated carbocycles. The third kappa shape index (κ3) is 5.02. The molecular formula is C22H24O11. The standard InChI is InChI=1S/C22H24O11/c1-31-21-15(32-22-20(30)19(29)18(28)16(9-23)33-22)7-4-11(17(21)27)12(24)5-2-10-3-6-13(25)14(26)8-10/h2-8,16,18-20,22-23,25-30H,9H2,1H3. The maximum absolute atomic E-state index is 12.6. The number of hydrogen-bond donors (Lipinski definition) is 7. The second kappa shape index (κ2) is 10.1. The van der Waals surface area contributed by atoms with Crippen LogP contribution in [0.1, 0.15) is 15.9 Å². The molecule has 1 heterocycles. The molecule has 7 N–H and O–H groups in total. The number of phenolic OH excluding ortho intramolecular Hbond substituents is 3. The summed E-state index contributed by atoms with van der Waals surface area (Å²) < 4.78 is 15.9. The van der Waals surface area contributed by atoms with E-state index in [1.54, 1.807) is 0 Å². The molecule has 178 valence electrons. The zero-order chi connectivity index (χ0) is 24.3. The number of benzene rings is 2. The number of allylic oxidation sites excluding steroid dienone is 1. The van der Waals surface area contributed by atoms with Gasteiger partial charge in [0, 0.05) is 0 Å². The normalized spacial score (nSPS) is 25.2. The Bertz CT molecular complexity index is 1030. The van der Waals surface area contributed by atoms with Crippen LogP contribution in [0.2, 0.25) is 0 Å². The summed E-state index contributed by atoms with van der Waals surface area (Å²) in [5, 5.41) is 68.6. The van der Waals surface area contributed by atoms with E-state index in [1.807, 2.05) is 0 Å². The summed E-state index contributed by atoms with van der Waals surface area (Å²) in [5.74, 6) is -2.24. The van der Waals surface area contributed by atoms with Gasteiger partial charge in [0.25, 0.3) is 0 Å². The third-order valence-electron chi connectivity index (χ3n) is 5.08. The van der Waals surface area contributed by atoms with Gasteiger partial charge in [-0.1, -0.05) is 12.1 Å². The van der Waals surface area contributed by atoms with Crippen molar-refractivity contribution in [2.45, 2.75) is 30.7 Å². The second-order valence-electron chi connectivity index (χ2n) is 7.25. The van der Waals surface area contributed by atoms with Crippen LogP contribution >= 0.6 is 0 Å². The molecule has 3 rings (SSSR count). The molecule has 11 nitrogen and oxygen atoms in total. The number of carbonyl (C=O) groups is 1. The first kappa shape index (κ1) is 24.3. The average molecular weight is 464 g/mol. The Balaban J connectivity index is 1.82. The van der Waals surface area contributed by atoms with E-state index in [4.69, 9.17) is 14.2 Å². The van der Waals surface area contributed by atoms with Crippen LogP contribution in [0.5, 0.6) is 28.7 Å². The highest BCUT2D eigenvalue weighted by Gasteiger charge is 2.45. The Hall–Kier alpha value is -3.35. The molecule has 2 aromatic carbocycles. The number of phenols is 3. The smallest absolute Gasteiger partial charge is 0.229 e. The van der Waals surface area contributed by atoms with Gasteiger partial charge in [-0.05, 0) is 35.9 Å². The molecule has 1 fully saturated rings. The van der Waals surface area contributed by atoms with Gasteiger partial charge in [-0.25, -0.2) is 0 Å². The number of ketones is 1. The van der Waals surface area contributed by atoms with Crippen LogP contribution in [0.3, 0.4) is 0 Å². The highest BCUT2D eigenvalue weighted by molar-refractivity contribution is 6.09. The summed E-state index contributed by atoms with van der Waals surface area (Å²) in [4.78, 5) is 12.6. The van der Waals surface area contributed by atoms with Crippen LogP contribution in [-0.4, -0.2) is 86.0 Å². The van der Waals surface area contributed by atoms with Gasteiger partial charge in [0.1, 0.15) is 24.4 Å². The largest absolute Gasteiger partial charge is 0.504 e. The van der Waals surface area contributed by atoms with E-state index in [-0.39, 0.29) is 28.6 Å². The van der Waals surface area contributed by atoms with Crippen molar-refractivity contribution in [3.8, 4) is 28.7 Å². The number of carbonyl (C=O) groups excluding carboxylic acids is 1. The molecule has 0 amide bonds. The van der Waals surface area contributed by atoms with Crippen molar-refractivity contribution in [3.63, 3.8) is 0 Å². The number of rotatable bonds is 7. The van der Waals surface area contributed by atoms with Crippen LogP contribution in [0.25, 0.3) is 6.08 Å². The fourth-order valence-corrected chi connectivity index (χ4v) is 3.24. The lowest BCUT2D eigenvalue weighted by Gasteiger charge is -2.39. The van der Waals surface area contributed by atoms with E-state index in [1.165, 1.54) is 43.5 Å². The van der Waals surface area contributed by atoms with E-state index >= 15 is 0 Å². The molecule has 1 aliphatic heterocycles. The van der Waals surface area contributed by atoms with Gasteiger partial charge in [0.2, 0.25) is 12.0 Å². The van der Waals surface area contributed by atoms with Gasteiger partial charge < -0.3 is 50.0 Å². The van der Waals surface area contributed by atoms with Gasteiger partial charge in [-0.2, -0.15) is 0 Å². The number of aromatic hydroxyl groups is 3. The summed E-state index contributed by atoms with van der Waals surface area (Å²) in [6, 6.07) is 6.48. The summed E-state index contributed by atoms with van der Waals surface area (Å²) in [6.45, 7) is -0.647. The van der Waals surface area contributed by atoms with E-state index in [2.05, 4.69) is 0 Å². The zero-order valence-electron chi connectivity index (χ0n) is 17.4. The Morgan fingerprint density at radius 1 is 1.03 bits per heavy atom. The van der Waals surface area contributed by atoms with E-state index < -0.39 is 48.8 Å². The van der Waals surface area contributed by atoms with Crippen molar-refractivity contribution in [1.82, 2.24) is 0 Å². The Labute approximate surface area is 188 Å².